The first-order valence-electron chi connectivity index (χ1n) is 5.20. The molecule has 0 spiro atoms. The minimum Gasteiger partial charge on any atom is -0.300 e. The number of hydrogen-bond donors (Lipinski definition) is 0. The number of nitrogens with zero attached hydrogens (tertiary/aromatic N) is 2. The average Bonchev–Trinajstić information content (AvgIpc) is 2.55. The van der Waals surface area contributed by atoms with Gasteiger partial charge in [-0.1, -0.05) is 15.9 Å². The van der Waals surface area contributed by atoms with Crippen LogP contribution < -0.4 is 0 Å². The Morgan fingerprint density at radius 3 is 2.69 bits per heavy atom. The van der Waals surface area contributed by atoms with Crippen LogP contribution in [0.25, 0.3) is 16.7 Å². The second-order valence-corrected chi connectivity index (χ2v) is 5.03. The highest BCUT2D eigenvalue weighted by molar-refractivity contribution is 9.10. The standard InChI is InChI=1S/C13H11BrN2/c1-8-5-11-12(6-9(8)2)16-4-3-10(14)7-13(16)15-11/h3-7H,1-2H3. The molecule has 0 aliphatic carbocycles. The van der Waals surface area contributed by atoms with Crippen LogP contribution in [0.2, 0.25) is 0 Å². The van der Waals surface area contributed by atoms with Crippen molar-refractivity contribution in [2.24, 2.45) is 0 Å². The summed E-state index contributed by atoms with van der Waals surface area (Å²) in [7, 11) is 0. The first-order valence-corrected chi connectivity index (χ1v) is 5.99. The van der Waals surface area contributed by atoms with Crippen LogP contribution in [0.3, 0.4) is 0 Å². The van der Waals surface area contributed by atoms with E-state index in [1.807, 2.05) is 18.3 Å². The van der Waals surface area contributed by atoms with Crippen molar-refractivity contribution in [1.82, 2.24) is 9.38 Å². The van der Waals surface area contributed by atoms with Gasteiger partial charge in [-0.25, -0.2) is 4.98 Å². The minimum absolute atomic E-state index is 0.981. The molecular formula is C13H11BrN2. The molecule has 16 heavy (non-hydrogen) atoms. The van der Waals surface area contributed by atoms with Crippen LogP contribution in [0, 0.1) is 13.8 Å². The number of hydrogen-bond acceptors (Lipinski definition) is 1. The Labute approximate surface area is 102 Å². The van der Waals surface area contributed by atoms with E-state index in [9.17, 15) is 0 Å². The molecule has 0 aliphatic rings. The number of fused-ring (bicyclic) bond motifs is 3. The van der Waals surface area contributed by atoms with E-state index in [2.05, 4.69) is 51.3 Å². The first-order chi connectivity index (χ1) is 7.65. The summed E-state index contributed by atoms with van der Waals surface area (Å²) in [6, 6.07) is 8.40. The van der Waals surface area contributed by atoms with Gasteiger partial charge in [0.25, 0.3) is 0 Å². The highest BCUT2D eigenvalue weighted by Gasteiger charge is 2.06. The van der Waals surface area contributed by atoms with Crippen LogP contribution in [-0.4, -0.2) is 9.38 Å². The molecule has 0 saturated heterocycles. The summed E-state index contributed by atoms with van der Waals surface area (Å²) in [5.41, 5.74) is 5.80. The van der Waals surface area contributed by atoms with Crippen LogP contribution in [0.15, 0.2) is 34.9 Å². The van der Waals surface area contributed by atoms with Gasteiger partial charge in [0, 0.05) is 10.7 Å². The number of pyridine rings is 1. The predicted octanol–water partition coefficient (Wildman–Crippen LogP) is 3.87. The van der Waals surface area contributed by atoms with Crippen LogP contribution in [0.4, 0.5) is 0 Å². The third-order valence-electron chi connectivity index (χ3n) is 2.98. The Morgan fingerprint density at radius 1 is 1.12 bits per heavy atom. The Bertz CT molecular complexity index is 698. The molecule has 3 heteroatoms. The zero-order chi connectivity index (χ0) is 11.3. The molecule has 2 nitrogen and oxygen atoms in total. The van der Waals surface area contributed by atoms with Crippen molar-refractivity contribution < 1.29 is 0 Å². The maximum atomic E-state index is 4.61. The summed E-state index contributed by atoms with van der Waals surface area (Å²) in [5.74, 6) is 0. The zero-order valence-corrected chi connectivity index (χ0v) is 10.7. The van der Waals surface area contributed by atoms with Crippen molar-refractivity contribution in [2.75, 3.05) is 0 Å². The van der Waals surface area contributed by atoms with E-state index < -0.39 is 0 Å². The number of aryl methyl sites for hydroxylation is 2. The second kappa shape index (κ2) is 3.32. The van der Waals surface area contributed by atoms with Gasteiger partial charge in [-0.05, 0) is 49.2 Å². The van der Waals surface area contributed by atoms with Gasteiger partial charge >= 0.3 is 0 Å². The summed E-state index contributed by atoms with van der Waals surface area (Å²) in [5, 5.41) is 0. The molecular weight excluding hydrogens is 264 g/mol. The number of benzene rings is 1. The normalized spacial score (nSPS) is 11.4. The smallest absolute Gasteiger partial charge is 0.139 e. The molecule has 2 heterocycles. The van der Waals surface area contributed by atoms with Gasteiger partial charge in [-0.15, -0.1) is 0 Å². The maximum absolute atomic E-state index is 4.61. The van der Waals surface area contributed by atoms with Gasteiger partial charge in [0.1, 0.15) is 5.65 Å². The van der Waals surface area contributed by atoms with E-state index in [-0.39, 0.29) is 0 Å². The molecule has 0 fully saturated rings. The van der Waals surface area contributed by atoms with E-state index in [1.165, 1.54) is 16.6 Å². The van der Waals surface area contributed by atoms with Crippen LogP contribution in [0.5, 0.6) is 0 Å². The molecule has 0 N–H and O–H groups in total. The molecule has 80 valence electrons. The zero-order valence-electron chi connectivity index (χ0n) is 9.16. The van der Waals surface area contributed by atoms with Crippen molar-refractivity contribution >= 4 is 32.6 Å². The molecule has 3 aromatic rings. The Hall–Kier alpha value is -1.35. The second-order valence-electron chi connectivity index (χ2n) is 4.11. The molecule has 0 amide bonds. The number of aromatic nitrogens is 2. The fourth-order valence-corrected chi connectivity index (χ4v) is 2.27. The van der Waals surface area contributed by atoms with Gasteiger partial charge in [-0.2, -0.15) is 0 Å². The fraction of sp³-hybridized carbons (Fsp3) is 0.154. The summed E-state index contributed by atoms with van der Waals surface area (Å²) in [6.07, 6.45) is 2.05. The molecule has 0 radical (unpaired) electrons. The first kappa shape index (κ1) is 9.85. The molecule has 2 aromatic heterocycles. The van der Waals surface area contributed by atoms with Crippen molar-refractivity contribution in [3.05, 3.63) is 46.1 Å². The van der Waals surface area contributed by atoms with E-state index >= 15 is 0 Å². The third-order valence-corrected chi connectivity index (χ3v) is 3.48. The third kappa shape index (κ3) is 1.35. The van der Waals surface area contributed by atoms with Gasteiger partial charge < -0.3 is 0 Å². The SMILES string of the molecule is Cc1cc2nc3cc(Br)ccn3c2cc1C. The summed E-state index contributed by atoms with van der Waals surface area (Å²) >= 11 is 3.47. The molecule has 0 bridgehead atoms. The average molecular weight is 275 g/mol. The Morgan fingerprint density at radius 2 is 1.88 bits per heavy atom. The Balaban J connectivity index is 2.51. The highest BCUT2D eigenvalue weighted by atomic mass is 79.9. The quantitative estimate of drug-likeness (QED) is 0.608. The van der Waals surface area contributed by atoms with E-state index in [1.54, 1.807) is 0 Å². The lowest BCUT2D eigenvalue weighted by molar-refractivity contribution is 1.22. The maximum Gasteiger partial charge on any atom is 0.139 e. The lowest BCUT2D eigenvalue weighted by Gasteiger charge is -2.00. The van der Waals surface area contributed by atoms with Crippen LogP contribution >= 0.6 is 15.9 Å². The van der Waals surface area contributed by atoms with Crippen LogP contribution in [-0.2, 0) is 0 Å². The van der Waals surface area contributed by atoms with Gasteiger partial charge in [-0.3, -0.25) is 4.40 Å². The predicted molar refractivity (Wildman–Crippen MR) is 69.9 cm³/mol. The summed E-state index contributed by atoms with van der Waals surface area (Å²) < 4.78 is 3.18. The van der Waals surface area contributed by atoms with Crippen molar-refractivity contribution in [3.63, 3.8) is 0 Å². The number of imidazole rings is 1. The molecule has 1 aromatic carbocycles. The molecule has 0 aliphatic heterocycles. The summed E-state index contributed by atoms with van der Waals surface area (Å²) in [4.78, 5) is 4.61. The Kier molecular flexibility index (Phi) is 2.04. The monoisotopic (exact) mass is 274 g/mol. The number of halogens is 1. The molecule has 0 unspecified atom stereocenters. The van der Waals surface area contributed by atoms with E-state index in [4.69, 9.17) is 0 Å². The van der Waals surface area contributed by atoms with Gasteiger partial charge in [0.05, 0.1) is 11.0 Å². The van der Waals surface area contributed by atoms with Crippen molar-refractivity contribution in [3.8, 4) is 0 Å². The minimum atomic E-state index is 0.981. The van der Waals surface area contributed by atoms with Gasteiger partial charge in [0.15, 0.2) is 0 Å². The van der Waals surface area contributed by atoms with E-state index in [0.29, 0.717) is 0 Å². The molecule has 3 rings (SSSR count). The molecule has 0 saturated carbocycles. The van der Waals surface area contributed by atoms with Gasteiger partial charge in [0.2, 0.25) is 0 Å². The van der Waals surface area contributed by atoms with Crippen molar-refractivity contribution in [2.45, 2.75) is 13.8 Å². The summed E-state index contributed by atoms with van der Waals surface area (Å²) in [6.45, 7) is 4.25. The lowest BCUT2D eigenvalue weighted by atomic mass is 10.1. The molecule has 0 atom stereocenters. The highest BCUT2D eigenvalue weighted by Crippen LogP contribution is 2.22. The largest absolute Gasteiger partial charge is 0.300 e. The topological polar surface area (TPSA) is 17.3 Å². The number of rotatable bonds is 0. The van der Waals surface area contributed by atoms with E-state index in [0.717, 1.165) is 15.6 Å². The van der Waals surface area contributed by atoms with Crippen molar-refractivity contribution in [1.29, 1.82) is 0 Å². The van der Waals surface area contributed by atoms with Crippen LogP contribution in [0.1, 0.15) is 11.1 Å². The lowest BCUT2D eigenvalue weighted by Crippen LogP contribution is -1.85. The fourth-order valence-electron chi connectivity index (χ4n) is 1.94.